The van der Waals surface area contributed by atoms with Gasteiger partial charge in [-0.25, -0.2) is 4.79 Å². The summed E-state index contributed by atoms with van der Waals surface area (Å²) in [5.74, 6) is 0.373. The van der Waals surface area contributed by atoms with E-state index in [1.807, 2.05) is 27.7 Å². The van der Waals surface area contributed by atoms with Gasteiger partial charge in [-0.1, -0.05) is 13.8 Å². The maximum Gasteiger partial charge on any atom is 0.407 e. The van der Waals surface area contributed by atoms with Crippen LogP contribution >= 0.6 is 0 Å². The molecule has 0 fully saturated rings. The Hall–Kier alpha value is -0.730. The number of hydrogen-bond donors (Lipinski definition) is 1. The minimum atomic E-state index is -0.325. The molecule has 3 heteroatoms. The molecule has 0 bridgehead atoms. The summed E-state index contributed by atoms with van der Waals surface area (Å²) < 4.78 is 5.00. The summed E-state index contributed by atoms with van der Waals surface area (Å²) in [6.07, 6.45) is -0.338. The highest BCUT2D eigenvalue weighted by atomic mass is 16.6. The molecule has 0 aromatic rings. The summed E-state index contributed by atoms with van der Waals surface area (Å²) in [7, 11) is 0. The van der Waals surface area contributed by atoms with Crippen LogP contribution in [0.5, 0.6) is 0 Å². The van der Waals surface area contributed by atoms with Gasteiger partial charge in [0.15, 0.2) is 0 Å². The zero-order valence-electron chi connectivity index (χ0n) is 7.68. The molecule has 0 aliphatic carbocycles. The van der Waals surface area contributed by atoms with E-state index in [1.54, 1.807) is 0 Å². The van der Waals surface area contributed by atoms with Gasteiger partial charge in [-0.05, 0) is 19.8 Å². The molecule has 0 aromatic heterocycles. The molecule has 11 heavy (non-hydrogen) atoms. The van der Waals surface area contributed by atoms with Crippen LogP contribution in [0.3, 0.4) is 0 Å². The van der Waals surface area contributed by atoms with Gasteiger partial charge in [0, 0.05) is 6.54 Å². The SMILES string of the molecule is CCNC(=O)OC(C)C(C)C. The Balaban J connectivity index is 3.57. The van der Waals surface area contributed by atoms with Gasteiger partial charge in [0.25, 0.3) is 0 Å². The van der Waals surface area contributed by atoms with Crippen molar-refractivity contribution >= 4 is 6.09 Å². The number of carbonyl (C=O) groups is 1. The van der Waals surface area contributed by atoms with E-state index < -0.39 is 0 Å². The molecular formula is C8H17NO2. The van der Waals surface area contributed by atoms with Gasteiger partial charge < -0.3 is 10.1 Å². The molecule has 1 unspecified atom stereocenters. The van der Waals surface area contributed by atoms with Crippen molar-refractivity contribution in [3.05, 3.63) is 0 Å². The predicted molar refractivity (Wildman–Crippen MR) is 44.5 cm³/mol. The fourth-order valence-electron chi connectivity index (χ4n) is 0.491. The average molecular weight is 159 g/mol. The van der Waals surface area contributed by atoms with Gasteiger partial charge in [-0.3, -0.25) is 0 Å². The summed E-state index contributed by atoms with van der Waals surface area (Å²) in [5.41, 5.74) is 0. The van der Waals surface area contributed by atoms with Gasteiger partial charge in [0.2, 0.25) is 0 Å². The van der Waals surface area contributed by atoms with Crippen molar-refractivity contribution in [3.8, 4) is 0 Å². The van der Waals surface area contributed by atoms with E-state index in [0.717, 1.165) is 0 Å². The molecule has 1 amide bonds. The smallest absolute Gasteiger partial charge is 0.407 e. The second kappa shape index (κ2) is 4.99. The van der Waals surface area contributed by atoms with E-state index in [-0.39, 0.29) is 12.2 Å². The molecule has 0 aliphatic heterocycles. The Bertz CT molecular complexity index is 123. The lowest BCUT2D eigenvalue weighted by atomic mass is 10.1. The Labute approximate surface area is 68.1 Å². The number of carbonyl (C=O) groups excluding carboxylic acids is 1. The van der Waals surface area contributed by atoms with Crippen molar-refractivity contribution < 1.29 is 9.53 Å². The van der Waals surface area contributed by atoms with Crippen molar-refractivity contribution in [3.63, 3.8) is 0 Å². The summed E-state index contributed by atoms with van der Waals surface area (Å²) >= 11 is 0. The maximum atomic E-state index is 10.8. The van der Waals surface area contributed by atoms with Gasteiger partial charge >= 0.3 is 6.09 Å². The topological polar surface area (TPSA) is 38.3 Å². The molecule has 0 rings (SSSR count). The highest BCUT2D eigenvalue weighted by Crippen LogP contribution is 2.04. The van der Waals surface area contributed by atoms with Crippen LogP contribution in [0, 0.1) is 5.92 Å². The maximum absolute atomic E-state index is 10.8. The molecule has 0 aliphatic rings. The summed E-state index contributed by atoms with van der Waals surface area (Å²) in [6, 6.07) is 0. The second-order valence-electron chi connectivity index (χ2n) is 2.88. The third-order valence-electron chi connectivity index (χ3n) is 1.55. The van der Waals surface area contributed by atoms with Crippen LogP contribution in [0.4, 0.5) is 4.79 Å². The van der Waals surface area contributed by atoms with Crippen LogP contribution in [0.1, 0.15) is 27.7 Å². The van der Waals surface area contributed by atoms with E-state index in [4.69, 9.17) is 4.74 Å². The minimum Gasteiger partial charge on any atom is -0.446 e. The number of amides is 1. The first-order chi connectivity index (χ1) is 5.07. The quantitative estimate of drug-likeness (QED) is 0.681. The normalized spacial score (nSPS) is 12.8. The molecule has 0 saturated carbocycles. The summed E-state index contributed by atoms with van der Waals surface area (Å²) in [5, 5.41) is 2.57. The van der Waals surface area contributed by atoms with E-state index >= 15 is 0 Å². The van der Waals surface area contributed by atoms with Crippen LogP contribution < -0.4 is 5.32 Å². The standard InChI is InChI=1S/C8H17NO2/c1-5-9-8(10)11-7(4)6(2)3/h6-7H,5H2,1-4H3,(H,9,10). The first-order valence-corrected chi connectivity index (χ1v) is 4.02. The lowest BCUT2D eigenvalue weighted by molar-refractivity contribution is 0.0826. The number of ether oxygens (including phenoxy) is 1. The molecular weight excluding hydrogens is 142 g/mol. The molecule has 3 nitrogen and oxygen atoms in total. The van der Waals surface area contributed by atoms with Gasteiger partial charge in [-0.2, -0.15) is 0 Å². The van der Waals surface area contributed by atoms with Crippen LogP contribution in [0.25, 0.3) is 0 Å². The van der Waals surface area contributed by atoms with Crippen molar-refractivity contribution in [2.45, 2.75) is 33.8 Å². The zero-order chi connectivity index (χ0) is 8.85. The van der Waals surface area contributed by atoms with Crippen molar-refractivity contribution in [2.75, 3.05) is 6.54 Å². The summed E-state index contributed by atoms with van der Waals surface area (Å²) in [4.78, 5) is 10.8. The monoisotopic (exact) mass is 159 g/mol. The number of rotatable bonds is 3. The zero-order valence-corrected chi connectivity index (χ0v) is 7.68. The van der Waals surface area contributed by atoms with E-state index in [9.17, 15) is 4.79 Å². The highest BCUT2D eigenvalue weighted by Gasteiger charge is 2.11. The van der Waals surface area contributed by atoms with E-state index in [2.05, 4.69) is 5.32 Å². The molecule has 1 atom stereocenters. The lowest BCUT2D eigenvalue weighted by Gasteiger charge is -2.16. The first kappa shape index (κ1) is 10.3. The Morgan fingerprint density at radius 2 is 2.00 bits per heavy atom. The van der Waals surface area contributed by atoms with Gasteiger partial charge in [0.1, 0.15) is 6.10 Å². The lowest BCUT2D eigenvalue weighted by Crippen LogP contribution is -2.29. The molecule has 1 N–H and O–H groups in total. The van der Waals surface area contributed by atoms with Crippen LogP contribution in [0.15, 0.2) is 0 Å². The van der Waals surface area contributed by atoms with Gasteiger partial charge in [-0.15, -0.1) is 0 Å². The van der Waals surface area contributed by atoms with Crippen molar-refractivity contribution in [1.29, 1.82) is 0 Å². The fourth-order valence-corrected chi connectivity index (χ4v) is 0.491. The number of hydrogen-bond acceptors (Lipinski definition) is 2. The Morgan fingerprint density at radius 1 is 1.45 bits per heavy atom. The molecule has 0 radical (unpaired) electrons. The second-order valence-corrected chi connectivity index (χ2v) is 2.88. The average Bonchev–Trinajstić information content (AvgIpc) is 1.87. The third-order valence-corrected chi connectivity index (χ3v) is 1.55. The highest BCUT2D eigenvalue weighted by molar-refractivity contribution is 5.67. The molecule has 66 valence electrons. The van der Waals surface area contributed by atoms with E-state index in [0.29, 0.717) is 12.5 Å². The molecule has 0 saturated heterocycles. The Kier molecular flexibility index (Phi) is 4.66. The van der Waals surface area contributed by atoms with E-state index in [1.165, 1.54) is 0 Å². The van der Waals surface area contributed by atoms with Crippen molar-refractivity contribution in [2.24, 2.45) is 5.92 Å². The predicted octanol–water partition coefficient (Wildman–Crippen LogP) is 1.78. The van der Waals surface area contributed by atoms with Gasteiger partial charge in [0.05, 0.1) is 0 Å². The molecule has 0 spiro atoms. The first-order valence-electron chi connectivity index (χ1n) is 4.02. The van der Waals surface area contributed by atoms with Crippen molar-refractivity contribution in [1.82, 2.24) is 5.32 Å². The number of alkyl carbamates (subject to hydrolysis) is 1. The summed E-state index contributed by atoms with van der Waals surface area (Å²) in [6.45, 7) is 8.40. The van der Waals surface area contributed by atoms with Crippen LogP contribution in [-0.4, -0.2) is 18.7 Å². The third kappa shape index (κ3) is 4.65. The fraction of sp³-hybridized carbons (Fsp3) is 0.875. The van der Waals surface area contributed by atoms with Crippen LogP contribution in [-0.2, 0) is 4.74 Å². The molecule has 0 aromatic carbocycles. The van der Waals surface area contributed by atoms with Crippen LogP contribution in [0.2, 0.25) is 0 Å². The minimum absolute atomic E-state index is 0.0125. The largest absolute Gasteiger partial charge is 0.446 e. The molecule has 0 heterocycles. The number of nitrogens with one attached hydrogen (secondary N) is 1. The Morgan fingerprint density at radius 3 is 2.36 bits per heavy atom.